The van der Waals surface area contributed by atoms with Gasteiger partial charge in [-0.05, 0) is 37.5 Å². The van der Waals surface area contributed by atoms with Crippen LogP contribution in [-0.2, 0) is 0 Å². The van der Waals surface area contributed by atoms with Crippen LogP contribution in [0.25, 0.3) is 11.3 Å². The molecule has 1 heterocycles. The minimum atomic E-state index is -0.561. The zero-order valence-corrected chi connectivity index (χ0v) is 11.8. The summed E-state index contributed by atoms with van der Waals surface area (Å²) in [5.41, 5.74) is 0.786. The molecule has 0 unspecified atom stereocenters. The maximum atomic E-state index is 14.1. The maximum absolute atomic E-state index is 14.1. The Bertz CT molecular complexity index is 688. The highest BCUT2D eigenvalue weighted by atomic mass is 19.1. The summed E-state index contributed by atoms with van der Waals surface area (Å²) in [5.74, 6) is -1.06. The number of nitrogens with zero attached hydrogens (tertiary/aromatic N) is 2. The van der Waals surface area contributed by atoms with Gasteiger partial charge in [0.1, 0.15) is 17.3 Å². The van der Waals surface area contributed by atoms with Gasteiger partial charge in [-0.25, -0.2) is 8.78 Å². The molecule has 0 radical (unpaired) electrons. The molecule has 5 heteroatoms. The minimum absolute atomic E-state index is 0.0388. The first-order chi connectivity index (χ1) is 10.1. The second-order valence-electron chi connectivity index (χ2n) is 5.55. The molecular formula is C16H16F2N2O. The highest BCUT2D eigenvalue weighted by Crippen LogP contribution is 2.32. The Morgan fingerprint density at radius 2 is 1.95 bits per heavy atom. The predicted molar refractivity (Wildman–Crippen MR) is 75.2 cm³/mol. The molecule has 1 saturated carbocycles. The lowest BCUT2D eigenvalue weighted by Crippen LogP contribution is -2.05. The molecular weight excluding hydrogens is 274 g/mol. The van der Waals surface area contributed by atoms with E-state index in [1.54, 1.807) is 10.9 Å². The van der Waals surface area contributed by atoms with Crippen molar-refractivity contribution in [3.8, 4) is 11.3 Å². The zero-order chi connectivity index (χ0) is 15.0. The van der Waals surface area contributed by atoms with Crippen LogP contribution in [0.15, 0.2) is 18.3 Å². The average Bonchev–Trinajstić information content (AvgIpc) is 3.11. The second kappa shape index (κ2) is 5.39. The Balaban J connectivity index is 2.09. The number of aryl methyl sites for hydroxylation is 1. The Hall–Kier alpha value is -2.04. The molecule has 2 aromatic rings. The van der Waals surface area contributed by atoms with Gasteiger partial charge < -0.3 is 0 Å². The quantitative estimate of drug-likeness (QED) is 0.799. The van der Waals surface area contributed by atoms with Gasteiger partial charge in [0.25, 0.3) is 0 Å². The fourth-order valence-electron chi connectivity index (χ4n) is 2.88. The largest absolute Gasteiger partial charge is 0.298 e. The summed E-state index contributed by atoms with van der Waals surface area (Å²) in [6.07, 6.45) is 6.54. The molecule has 1 aliphatic rings. The van der Waals surface area contributed by atoms with Gasteiger partial charge >= 0.3 is 0 Å². The molecule has 1 fully saturated rings. The number of carbonyl (C=O) groups excluding carboxylic acids is 1. The van der Waals surface area contributed by atoms with E-state index in [-0.39, 0.29) is 22.9 Å². The lowest BCUT2D eigenvalue weighted by atomic mass is 10.1. The fraction of sp³-hybridized carbons (Fsp3) is 0.375. The Morgan fingerprint density at radius 3 is 2.62 bits per heavy atom. The van der Waals surface area contributed by atoms with Gasteiger partial charge in [0.05, 0.1) is 11.6 Å². The van der Waals surface area contributed by atoms with Crippen molar-refractivity contribution in [2.24, 2.45) is 0 Å². The van der Waals surface area contributed by atoms with Gasteiger partial charge in [-0.2, -0.15) is 5.10 Å². The summed E-state index contributed by atoms with van der Waals surface area (Å²) in [5, 5.41) is 4.34. The van der Waals surface area contributed by atoms with Crippen LogP contribution in [0.2, 0.25) is 0 Å². The maximum Gasteiger partial charge on any atom is 0.153 e. The van der Waals surface area contributed by atoms with Crippen molar-refractivity contribution in [2.45, 2.75) is 38.6 Å². The van der Waals surface area contributed by atoms with E-state index >= 15 is 0 Å². The predicted octanol–water partition coefficient (Wildman–Crippen LogP) is 4.06. The topological polar surface area (TPSA) is 34.9 Å². The van der Waals surface area contributed by atoms with Crippen LogP contribution in [0.3, 0.4) is 0 Å². The van der Waals surface area contributed by atoms with Gasteiger partial charge in [0.15, 0.2) is 6.29 Å². The minimum Gasteiger partial charge on any atom is -0.298 e. The molecule has 110 valence electrons. The summed E-state index contributed by atoms with van der Waals surface area (Å²) in [4.78, 5) is 11.2. The van der Waals surface area contributed by atoms with E-state index in [0.29, 0.717) is 11.8 Å². The highest BCUT2D eigenvalue weighted by molar-refractivity contribution is 5.85. The third kappa shape index (κ3) is 2.48. The number of halogens is 2. The van der Waals surface area contributed by atoms with Crippen molar-refractivity contribution in [1.29, 1.82) is 0 Å². The first kappa shape index (κ1) is 13.9. The van der Waals surface area contributed by atoms with Crippen LogP contribution in [0, 0.1) is 18.6 Å². The van der Waals surface area contributed by atoms with Crippen molar-refractivity contribution in [3.63, 3.8) is 0 Å². The molecule has 0 bridgehead atoms. The van der Waals surface area contributed by atoms with E-state index in [9.17, 15) is 13.6 Å². The van der Waals surface area contributed by atoms with Crippen LogP contribution in [0.1, 0.15) is 47.6 Å². The smallest absolute Gasteiger partial charge is 0.153 e. The summed E-state index contributed by atoms with van der Waals surface area (Å²) >= 11 is 0. The van der Waals surface area contributed by atoms with Gasteiger partial charge in [0, 0.05) is 11.8 Å². The van der Waals surface area contributed by atoms with E-state index in [2.05, 4.69) is 5.10 Å². The SMILES string of the molecule is Cc1cc(F)c(-c2nn(C3CCCC3)cc2C=O)cc1F. The summed E-state index contributed by atoms with van der Waals surface area (Å²) < 4.78 is 29.5. The molecule has 0 aliphatic heterocycles. The van der Waals surface area contributed by atoms with Gasteiger partial charge in [-0.15, -0.1) is 0 Å². The molecule has 0 saturated heterocycles. The third-order valence-electron chi connectivity index (χ3n) is 4.09. The molecule has 0 atom stereocenters. The number of hydrogen-bond donors (Lipinski definition) is 0. The van der Waals surface area contributed by atoms with Crippen molar-refractivity contribution >= 4 is 6.29 Å². The summed E-state index contributed by atoms with van der Waals surface area (Å²) in [6, 6.07) is 2.49. The number of rotatable bonds is 3. The molecule has 0 N–H and O–H groups in total. The van der Waals surface area contributed by atoms with E-state index < -0.39 is 11.6 Å². The molecule has 1 aromatic heterocycles. The number of aldehydes is 1. The average molecular weight is 290 g/mol. The van der Waals surface area contributed by atoms with Crippen LogP contribution in [0.4, 0.5) is 8.78 Å². The second-order valence-corrected chi connectivity index (χ2v) is 5.55. The Labute approximate surface area is 121 Å². The van der Waals surface area contributed by atoms with Gasteiger partial charge in [-0.3, -0.25) is 9.48 Å². The monoisotopic (exact) mass is 290 g/mol. The lowest BCUT2D eigenvalue weighted by Gasteiger charge is -2.09. The molecule has 3 rings (SSSR count). The highest BCUT2D eigenvalue weighted by Gasteiger charge is 2.22. The Morgan fingerprint density at radius 1 is 1.24 bits per heavy atom. The van der Waals surface area contributed by atoms with Crippen molar-refractivity contribution < 1.29 is 13.6 Å². The molecule has 1 aliphatic carbocycles. The van der Waals surface area contributed by atoms with E-state index in [4.69, 9.17) is 0 Å². The number of aromatic nitrogens is 2. The normalized spacial score (nSPS) is 15.6. The lowest BCUT2D eigenvalue weighted by molar-refractivity contribution is 0.112. The molecule has 21 heavy (non-hydrogen) atoms. The third-order valence-corrected chi connectivity index (χ3v) is 4.09. The molecule has 3 nitrogen and oxygen atoms in total. The zero-order valence-electron chi connectivity index (χ0n) is 11.8. The molecule has 0 spiro atoms. The molecule has 0 amide bonds. The number of carbonyl (C=O) groups is 1. The van der Waals surface area contributed by atoms with Crippen molar-refractivity contribution in [2.75, 3.05) is 0 Å². The van der Waals surface area contributed by atoms with E-state index in [0.717, 1.165) is 37.8 Å². The number of hydrogen-bond acceptors (Lipinski definition) is 2. The van der Waals surface area contributed by atoms with Crippen LogP contribution in [-0.4, -0.2) is 16.1 Å². The van der Waals surface area contributed by atoms with Crippen molar-refractivity contribution in [3.05, 3.63) is 41.1 Å². The van der Waals surface area contributed by atoms with E-state index in [1.165, 1.54) is 6.92 Å². The number of benzene rings is 1. The first-order valence-electron chi connectivity index (χ1n) is 7.10. The first-order valence-corrected chi connectivity index (χ1v) is 7.10. The standard InChI is InChI=1S/C16H16F2N2O/c1-10-6-15(18)13(7-14(10)17)16-11(9-21)8-20(19-16)12-4-2-3-5-12/h6-9,12H,2-5H2,1H3. The van der Waals surface area contributed by atoms with E-state index in [1.807, 2.05) is 0 Å². The summed E-state index contributed by atoms with van der Waals surface area (Å²) in [7, 11) is 0. The summed E-state index contributed by atoms with van der Waals surface area (Å²) in [6.45, 7) is 1.50. The Kier molecular flexibility index (Phi) is 3.57. The van der Waals surface area contributed by atoms with Crippen LogP contribution >= 0.6 is 0 Å². The van der Waals surface area contributed by atoms with Crippen LogP contribution in [0.5, 0.6) is 0 Å². The van der Waals surface area contributed by atoms with Crippen LogP contribution < -0.4 is 0 Å². The van der Waals surface area contributed by atoms with Crippen molar-refractivity contribution in [1.82, 2.24) is 9.78 Å². The molecule has 1 aromatic carbocycles. The van der Waals surface area contributed by atoms with Gasteiger partial charge in [0.2, 0.25) is 0 Å². The van der Waals surface area contributed by atoms with Gasteiger partial charge in [-0.1, -0.05) is 12.8 Å². The fourth-order valence-corrected chi connectivity index (χ4v) is 2.88.